The Morgan fingerprint density at radius 2 is 2.10 bits per heavy atom. The fourth-order valence-electron chi connectivity index (χ4n) is 1.82. The molecular weight excluding hydrogens is 260 g/mol. The topological polar surface area (TPSA) is 90.3 Å². The highest BCUT2D eigenvalue weighted by Crippen LogP contribution is 2.00. The quantitative estimate of drug-likeness (QED) is 0.671. The van der Waals surface area contributed by atoms with Crippen LogP contribution in [-0.4, -0.2) is 33.0 Å². The van der Waals surface area contributed by atoms with Crippen LogP contribution in [0.4, 0.5) is 0 Å². The van der Waals surface area contributed by atoms with Crippen molar-refractivity contribution in [1.29, 1.82) is 0 Å². The molecule has 0 aliphatic heterocycles. The van der Waals surface area contributed by atoms with Crippen molar-refractivity contribution in [2.45, 2.75) is 19.0 Å². The van der Waals surface area contributed by atoms with Crippen LogP contribution in [0.15, 0.2) is 15.8 Å². The van der Waals surface area contributed by atoms with Gasteiger partial charge in [-0.2, -0.15) is 0 Å². The number of amides is 1. The summed E-state index contributed by atoms with van der Waals surface area (Å²) < 4.78 is 2.28. The number of aryl methyl sites for hydroxylation is 1. The van der Waals surface area contributed by atoms with Crippen molar-refractivity contribution in [3.63, 3.8) is 0 Å². The van der Waals surface area contributed by atoms with Crippen LogP contribution in [0.3, 0.4) is 0 Å². The maximum absolute atomic E-state index is 11.9. The summed E-state index contributed by atoms with van der Waals surface area (Å²) in [5, 5.41) is 0. The molecule has 0 saturated carbocycles. The van der Waals surface area contributed by atoms with Gasteiger partial charge < -0.3 is 15.2 Å². The van der Waals surface area contributed by atoms with Crippen molar-refractivity contribution in [1.82, 2.24) is 14.0 Å². The van der Waals surface area contributed by atoms with Crippen LogP contribution in [0.25, 0.3) is 0 Å². The SMILES string of the molecule is C#CCC(N)C(=O)N(C)Cc1cn(C)c(=O)n(C)c1=O. The molecule has 1 aromatic rings. The van der Waals surface area contributed by atoms with Gasteiger partial charge in [0, 0.05) is 33.8 Å². The summed E-state index contributed by atoms with van der Waals surface area (Å²) in [7, 11) is 4.46. The summed E-state index contributed by atoms with van der Waals surface area (Å²) in [6.45, 7) is 0.0674. The number of terminal acetylenes is 1. The molecule has 0 aromatic carbocycles. The van der Waals surface area contributed by atoms with Crippen molar-refractivity contribution in [2.75, 3.05) is 7.05 Å². The van der Waals surface area contributed by atoms with Gasteiger partial charge in [-0.1, -0.05) is 0 Å². The van der Waals surface area contributed by atoms with Crippen LogP contribution < -0.4 is 17.0 Å². The van der Waals surface area contributed by atoms with Crippen LogP contribution >= 0.6 is 0 Å². The summed E-state index contributed by atoms with van der Waals surface area (Å²) >= 11 is 0. The van der Waals surface area contributed by atoms with E-state index in [1.165, 1.54) is 36.8 Å². The highest BCUT2D eigenvalue weighted by Gasteiger charge is 2.19. The number of nitrogens with zero attached hydrogens (tertiary/aromatic N) is 3. The van der Waals surface area contributed by atoms with E-state index in [1.807, 2.05) is 0 Å². The Bertz CT molecular complexity index is 666. The van der Waals surface area contributed by atoms with Crippen molar-refractivity contribution >= 4 is 5.91 Å². The molecule has 108 valence electrons. The number of likely N-dealkylation sites (N-methyl/N-ethyl adjacent to an activating group) is 1. The van der Waals surface area contributed by atoms with Gasteiger partial charge in [0.1, 0.15) is 0 Å². The lowest BCUT2D eigenvalue weighted by molar-refractivity contribution is -0.131. The van der Waals surface area contributed by atoms with Crippen molar-refractivity contribution in [3.8, 4) is 12.3 Å². The van der Waals surface area contributed by atoms with E-state index in [2.05, 4.69) is 5.92 Å². The molecule has 1 heterocycles. The Balaban J connectivity index is 3.01. The number of hydrogen-bond donors (Lipinski definition) is 1. The second kappa shape index (κ2) is 6.21. The predicted octanol–water partition coefficient (Wildman–Crippen LogP) is -1.61. The molecule has 0 radical (unpaired) electrons. The van der Waals surface area contributed by atoms with E-state index in [-0.39, 0.29) is 18.9 Å². The minimum atomic E-state index is -0.790. The molecular formula is C13H18N4O3. The first-order valence-electron chi connectivity index (χ1n) is 5.99. The highest BCUT2D eigenvalue weighted by molar-refractivity contribution is 5.81. The second-order valence-corrected chi connectivity index (χ2v) is 4.62. The molecule has 0 saturated heterocycles. The third-order valence-electron chi connectivity index (χ3n) is 2.96. The lowest BCUT2D eigenvalue weighted by atomic mass is 10.2. The lowest BCUT2D eigenvalue weighted by Gasteiger charge is -2.20. The fraction of sp³-hybridized carbons (Fsp3) is 0.462. The Hall–Kier alpha value is -2.33. The molecule has 0 aliphatic carbocycles. The van der Waals surface area contributed by atoms with E-state index in [1.54, 1.807) is 0 Å². The van der Waals surface area contributed by atoms with Gasteiger partial charge >= 0.3 is 5.69 Å². The van der Waals surface area contributed by atoms with Gasteiger partial charge in [0.2, 0.25) is 5.91 Å². The molecule has 7 nitrogen and oxygen atoms in total. The molecule has 0 aliphatic rings. The van der Waals surface area contributed by atoms with Crippen LogP contribution in [0.2, 0.25) is 0 Å². The van der Waals surface area contributed by atoms with E-state index < -0.39 is 17.3 Å². The van der Waals surface area contributed by atoms with Gasteiger partial charge in [0.25, 0.3) is 5.56 Å². The number of nitrogens with two attached hydrogens (primary N) is 1. The Morgan fingerprint density at radius 3 is 2.65 bits per heavy atom. The van der Waals surface area contributed by atoms with Gasteiger partial charge in [0.05, 0.1) is 18.2 Å². The maximum atomic E-state index is 11.9. The molecule has 0 bridgehead atoms. The normalized spacial score (nSPS) is 11.8. The summed E-state index contributed by atoms with van der Waals surface area (Å²) in [6.07, 6.45) is 6.66. The van der Waals surface area contributed by atoms with E-state index in [0.717, 1.165) is 4.57 Å². The zero-order chi connectivity index (χ0) is 15.4. The van der Waals surface area contributed by atoms with E-state index in [0.29, 0.717) is 5.56 Å². The van der Waals surface area contributed by atoms with Crippen LogP contribution in [0, 0.1) is 12.3 Å². The zero-order valence-electron chi connectivity index (χ0n) is 11.8. The van der Waals surface area contributed by atoms with Gasteiger partial charge in [-0.3, -0.25) is 14.2 Å². The number of hydrogen-bond acceptors (Lipinski definition) is 4. The van der Waals surface area contributed by atoms with E-state index in [4.69, 9.17) is 12.2 Å². The van der Waals surface area contributed by atoms with Gasteiger partial charge in [-0.25, -0.2) is 4.79 Å². The van der Waals surface area contributed by atoms with Crippen molar-refractivity contribution < 1.29 is 4.79 Å². The third kappa shape index (κ3) is 3.16. The van der Waals surface area contributed by atoms with Gasteiger partial charge in [-0.15, -0.1) is 12.3 Å². The fourth-order valence-corrected chi connectivity index (χ4v) is 1.82. The zero-order valence-corrected chi connectivity index (χ0v) is 11.8. The minimum Gasteiger partial charge on any atom is -0.340 e. The molecule has 2 N–H and O–H groups in total. The van der Waals surface area contributed by atoms with Crippen molar-refractivity contribution in [3.05, 3.63) is 32.6 Å². The third-order valence-corrected chi connectivity index (χ3v) is 2.96. The molecule has 1 amide bonds. The summed E-state index contributed by atoms with van der Waals surface area (Å²) in [6, 6.07) is -0.790. The van der Waals surface area contributed by atoms with Crippen LogP contribution in [-0.2, 0) is 25.4 Å². The molecule has 7 heteroatoms. The van der Waals surface area contributed by atoms with Crippen LogP contribution in [0.1, 0.15) is 12.0 Å². The standard InChI is InChI=1S/C13H18N4O3/c1-5-6-10(14)12(19)15(2)7-9-8-16(3)13(20)17(4)11(9)18/h1,8,10H,6-7,14H2,2-4H3. The first kappa shape index (κ1) is 15.7. The first-order chi connectivity index (χ1) is 9.29. The molecule has 0 spiro atoms. The average molecular weight is 278 g/mol. The predicted molar refractivity (Wildman–Crippen MR) is 74.8 cm³/mol. The summed E-state index contributed by atoms with van der Waals surface area (Å²) in [5.41, 5.74) is 5.11. The van der Waals surface area contributed by atoms with E-state index >= 15 is 0 Å². The summed E-state index contributed by atoms with van der Waals surface area (Å²) in [5.74, 6) is 1.97. The van der Waals surface area contributed by atoms with Gasteiger partial charge in [-0.05, 0) is 0 Å². The largest absolute Gasteiger partial charge is 0.340 e. The summed E-state index contributed by atoms with van der Waals surface area (Å²) in [4.78, 5) is 36.7. The van der Waals surface area contributed by atoms with E-state index in [9.17, 15) is 14.4 Å². The second-order valence-electron chi connectivity index (χ2n) is 4.62. The maximum Gasteiger partial charge on any atom is 0.330 e. The Labute approximate surface area is 116 Å². The molecule has 20 heavy (non-hydrogen) atoms. The number of carbonyl (C=O) groups is 1. The molecule has 1 rings (SSSR count). The molecule has 1 aromatic heterocycles. The first-order valence-corrected chi connectivity index (χ1v) is 5.99. The molecule has 0 fully saturated rings. The number of aromatic nitrogens is 2. The highest BCUT2D eigenvalue weighted by atomic mass is 16.2. The average Bonchev–Trinajstić information content (AvgIpc) is 2.41. The smallest absolute Gasteiger partial charge is 0.330 e. The molecule has 1 unspecified atom stereocenters. The van der Waals surface area contributed by atoms with Gasteiger partial charge in [0.15, 0.2) is 0 Å². The minimum absolute atomic E-state index is 0.0674. The molecule has 1 atom stereocenters. The number of rotatable bonds is 4. The monoisotopic (exact) mass is 278 g/mol. The van der Waals surface area contributed by atoms with Crippen molar-refractivity contribution in [2.24, 2.45) is 19.8 Å². The Morgan fingerprint density at radius 1 is 1.50 bits per heavy atom. The lowest BCUT2D eigenvalue weighted by Crippen LogP contribution is -2.44. The van der Waals surface area contributed by atoms with Crippen LogP contribution in [0.5, 0.6) is 0 Å². The number of carbonyl (C=O) groups excluding carboxylic acids is 1. The Kier molecular flexibility index (Phi) is 4.88.